The molecule has 1 aliphatic carbocycles. The van der Waals surface area contributed by atoms with Crippen molar-refractivity contribution in [1.82, 2.24) is 5.32 Å². The van der Waals surface area contributed by atoms with Gasteiger partial charge in [0.05, 0.1) is 6.10 Å². The van der Waals surface area contributed by atoms with Crippen molar-refractivity contribution in [2.75, 3.05) is 26.9 Å². The molecular formula is C16H33NO2. The van der Waals surface area contributed by atoms with Crippen molar-refractivity contribution in [1.29, 1.82) is 0 Å². The van der Waals surface area contributed by atoms with Crippen LogP contribution in [0.2, 0.25) is 0 Å². The zero-order valence-corrected chi connectivity index (χ0v) is 13.3. The van der Waals surface area contributed by atoms with E-state index in [9.17, 15) is 0 Å². The van der Waals surface area contributed by atoms with Crippen LogP contribution in [0.4, 0.5) is 0 Å². The molecule has 0 aromatic heterocycles. The minimum atomic E-state index is 0.538. The Morgan fingerprint density at radius 3 is 2.58 bits per heavy atom. The summed E-state index contributed by atoms with van der Waals surface area (Å²) < 4.78 is 10.9. The van der Waals surface area contributed by atoms with Gasteiger partial charge in [0, 0.05) is 26.4 Å². The monoisotopic (exact) mass is 271 g/mol. The molecule has 114 valence electrons. The summed E-state index contributed by atoms with van der Waals surface area (Å²) in [7, 11) is 1.79. The average molecular weight is 271 g/mol. The molecule has 1 fully saturated rings. The standard InChI is InChI=1S/C16H33NO2/c1-5-8-17-16(13(3)7-9-18-4)12-14-10-15(11-14)19-6-2/h13-17H,5-12H2,1-4H3. The first-order valence-electron chi connectivity index (χ1n) is 8.05. The molecule has 2 atom stereocenters. The number of nitrogens with one attached hydrogen (secondary N) is 1. The van der Waals surface area contributed by atoms with Crippen molar-refractivity contribution in [2.45, 2.75) is 65.0 Å². The molecule has 0 aromatic carbocycles. The van der Waals surface area contributed by atoms with E-state index in [0.29, 0.717) is 18.1 Å². The number of hydrogen-bond acceptors (Lipinski definition) is 3. The maximum atomic E-state index is 5.66. The van der Waals surface area contributed by atoms with Crippen LogP contribution < -0.4 is 5.32 Å². The molecule has 0 heterocycles. The molecule has 3 heteroatoms. The second-order valence-corrected chi connectivity index (χ2v) is 5.97. The van der Waals surface area contributed by atoms with Gasteiger partial charge in [0.25, 0.3) is 0 Å². The molecule has 0 saturated heterocycles. The Morgan fingerprint density at radius 1 is 1.26 bits per heavy atom. The van der Waals surface area contributed by atoms with E-state index in [1.165, 1.54) is 25.7 Å². The van der Waals surface area contributed by atoms with Crippen molar-refractivity contribution in [3.63, 3.8) is 0 Å². The first-order chi connectivity index (χ1) is 9.21. The second kappa shape index (κ2) is 9.73. The quantitative estimate of drug-likeness (QED) is 0.626. The number of hydrogen-bond donors (Lipinski definition) is 1. The number of ether oxygens (including phenoxy) is 2. The van der Waals surface area contributed by atoms with Crippen molar-refractivity contribution >= 4 is 0 Å². The van der Waals surface area contributed by atoms with Gasteiger partial charge in [-0.3, -0.25) is 0 Å². The van der Waals surface area contributed by atoms with E-state index in [-0.39, 0.29) is 0 Å². The van der Waals surface area contributed by atoms with Crippen molar-refractivity contribution < 1.29 is 9.47 Å². The fourth-order valence-corrected chi connectivity index (χ4v) is 2.95. The Labute approximate surface area is 119 Å². The summed E-state index contributed by atoms with van der Waals surface area (Å²) >= 11 is 0. The first kappa shape index (κ1) is 16.9. The third kappa shape index (κ3) is 6.24. The highest BCUT2D eigenvalue weighted by Gasteiger charge is 2.32. The van der Waals surface area contributed by atoms with Crippen LogP contribution in [0.1, 0.15) is 52.9 Å². The van der Waals surface area contributed by atoms with E-state index in [1.807, 2.05) is 0 Å². The predicted octanol–water partition coefficient (Wildman–Crippen LogP) is 3.23. The van der Waals surface area contributed by atoms with Crippen LogP contribution in [0.15, 0.2) is 0 Å². The van der Waals surface area contributed by atoms with Crippen molar-refractivity contribution in [2.24, 2.45) is 11.8 Å². The van der Waals surface area contributed by atoms with Crippen LogP contribution >= 0.6 is 0 Å². The van der Waals surface area contributed by atoms with E-state index in [4.69, 9.17) is 9.47 Å². The third-order valence-electron chi connectivity index (χ3n) is 4.30. The molecule has 0 amide bonds. The van der Waals surface area contributed by atoms with Crippen molar-refractivity contribution in [3.05, 3.63) is 0 Å². The normalized spacial score (nSPS) is 25.9. The Balaban J connectivity index is 2.29. The highest BCUT2D eigenvalue weighted by atomic mass is 16.5. The van der Waals surface area contributed by atoms with Gasteiger partial charge in [0.1, 0.15) is 0 Å². The van der Waals surface area contributed by atoms with E-state index in [1.54, 1.807) is 7.11 Å². The van der Waals surface area contributed by atoms with Gasteiger partial charge in [0.2, 0.25) is 0 Å². The van der Waals surface area contributed by atoms with Crippen LogP contribution in [0.5, 0.6) is 0 Å². The Morgan fingerprint density at radius 2 is 2.00 bits per heavy atom. The Bertz CT molecular complexity index is 217. The zero-order chi connectivity index (χ0) is 14.1. The minimum Gasteiger partial charge on any atom is -0.385 e. The number of rotatable bonds is 11. The molecule has 2 unspecified atom stereocenters. The van der Waals surface area contributed by atoms with Gasteiger partial charge in [0.15, 0.2) is 0 Å². The maximum absolute atomic E-state index is 5.66. The molecule has 1 aliphatic rings. The topological polar surface area (TPSA) is 30.5 Å². The lowest BCUT2D eigenvalue weighted by Crippen LogP contribution is -2.41. The van der Waals surface area contributed by atoms with E-state index in [2.05, 4.69) is 26.1 Å². The van der Waals surface area contributed by atoms with Crippen LogP contribution in [-0.4, -0.2) is 39.0 Å². The minimum absolute atomic E-state index is 0.538. The summed E-state index contributed by atoms with van der Waals surface area (Å²) in [6.45, 7) is 9.54. The summed E-state index contributed by atoms with van der Waals surface area (Å²) in [5.74, 6) is 1.55. The van der Waals surface area contributed by atoms with Gasteiger partial charge in [-0.05, 0) is 57.4 Å². The van der Waals surface area contributed by atoms with E-state index in [0.717, 1.165) is 32.1 Å². The molecule has 1 saturated carbocycles. The molecule has 0 radical (unpaired) electrons. The summed E-state index contributed by atoms with van der Waals surface area (Å²) in [5, 5.41) is 3.73. The summed E-state index contributed by atoms with van der Waals surface area (Å²) in [4.78, 5) is 0. The molecule has 1 N–H and O–H groups in total. The fraction of sp³-hybridized carbons (Fsp3) is 1.00. The van der Waals surface area contributed by atoms with Gasteiger partial charge in [-0.25, -0.2) is 0 Å². The lowest BCUT2D eigenvalue weighted by atomic mass is 9.76. The molecule has 0 aromatic rings. The lowest BCUT2D eigenvalue weighted by molar-refractivity contribution is -0.0308. The summed E-state index contributed by atoms with van der Waals surface area (Å²) in [6, 6.07) is 0.641. The van der Waals surface area contributed by atoms with Crippen LogP contribution in [0.3, 0.4) is 0 Å². The molecule has 0 bridgehead atoms. The SMILES string of the molecule is CCCNC(CC1CC(OCC)C1)C(C)CCOC. The van der Waals surface area contributed by atoms with Gasteiger partial charge in [-0.2, -0.15) is 0 Å². The van der Waals surface area contributed by atoms with Gasteiger partial charge >= 0.3 is 0 Å². The maximum Gasteiger partial charge on any atom is 0.0580 e. The van der Waals surface area contributed by atoms with Crippen LogP contribution in [0.25, 0.3) is 0 Å². The van der Waals surface area contributed by atoms with Crippen LogP contribution in [-0.2, 0) is 9.47 Å². The zero-order valence-electron chi connectivity index (χ0n) is 13.3. The number of methoxy groups -OCH3 is 1. The smallest absolute Gasteiger partial charge is 0.0580 e. The third-order valence-corrected chi connectivity index (χ3v) is 4.30. The lowest BCUT2D eigenvalue weighted by Gasteiger charge is -2.38. The first-order valence-corrected chi connectivity index (χ1v) is 8.05. The summed E-state index contributed by atoms with van der Waals surface area (Å²) in [6.07, 6.45) is 6.72. The summed E-state index contributed by atoms with van der Waals surface area (Å²) in [5.41, 5.74) is 0. The average Bonchev–Trinajstić information content (AvgIpc) is 2.37. The predicted molar refractivity (Wildman–Crippen MR) is 80.5 cm³/mol. The molecule has 0 aliphatic heterocycles. The highest BCUT2D eigenvalue weighted by Crippen LogP contribution is 2.35. The van der Waals surface area contributed by atoms with Crippen LogP contribution in [0, 0.1) is 11.8 Å². The second-order valence-electron chi connectivity index (χ2n) is 5.97. The highest BCUT2D eigenvalue weighted by molar-refractivity contribution is 4.86. The molecular weight excluding hydrogens is 238 g/mol. The molecule has 0 spiro atoms. The fourth-order valence-electron chi connectivity index (χ4n) is 2.95. The Hall–Kier alpha value is -0.120. The van der Waals surface area contributed by atoms with Gasteiger partial charge in [-0.15, -0.1) is 0 Å². The van der Waals surface area contributed by atoms with E-state index < -0.39 is 0 Å². The largest absolute Gasteiger partial charge is 0.385 e. The Kier molecular flexibility index (Phi) is 8.67. The molecule has 3 nitrogen and oxygen atoms in total. The van der Waals surface area contributed by atoms with Gasteiger partial charge < -0.3 is 14.8 Å². The molecule has 1 rings (SSSR count). The van der Waals surface area contributed by atoms with Crippen molar-refractivity contribution in [3.8, 4) is 0 Å². The van der Waals surface area contributed by atoms with Gasteiger partial charge in [-0.1, -0.05) is 13.8 Å². The molecule has 19 heavy (non-hydrogen) atoms. The van der Waals surface area contributed by atoms with E-state index >= 15 is 0 Å².